The SMILES string of the molecule is C#CCCC1(O)CCN(C)C(C)C1. The van der Waals surface area contributed by atoms with Gasteiger partial charge >= 0.3 is 0 Å². The summed E-state index contributed by atoms with van der Waals surface area (Å²) in [4.78, 5) is 2.28. The second-order valence-electron chi connectivity index (χ2n) is 4.21. The van der Waals surface area contributed by atoms with Gasteiger partial charge in [0.2, 0.25) is 0 Å². The van der Waals surface area contributed by atoms with Crippen molar-refractivity contribution in [2.75, 3.05) is 13.6 Å². The van der Waals surface area contributed by atoms with E-state index in [4.69, 9.17) is 6.42 Å². The number of terminal acetylenes is 1. The molecule has 0 aromatic heterocycles. The second-order valence-corrected chi connectivity index (χ2v) is 4.21. The van der Waals surface area contributed by atoms with Crippen molar-refractivity contribution in [1.82, 2.24) is 4.90 Å². The molecule has 0 aromatic rings. The number of aliphatic hydroxyl groups is 1. The van der Waals surface area contributed by atoms with Crippen molar-refractivity contribution >= 4 is 0 Å². The highest BCUT2D eigenvalue weighted by atomic mass is 16.3. The van der Waals surface area contributed by atoms with E-state index in [1.807, 2.05) is 0 Å². The monoisotopic (exact) mass is 181 g/mol. The Morgan fingerprint density at radius 3 is 2.92 bits per heavy atom. The van der Waals surface area contributed by atoms with Crippen LogP contribution in [0, 0.1) is 12.3 Å². The van der Waals surface area contributed by atoms with E-state index in [1.54, 1.807) is 0 Å². The zero-order chi connectivity index (χ0) is 9.90. The third-order valence-corrected chi connectivity index (χ3v) is 3.09. The number of likely N-dealkylation sites (tertiary alicyclic amines) is 1. The Labute approximate surface area is 80.9 Å². The van der Waals surface area contributed by atoms with Crippen molar-refractivity contribution in [3.63, 3.8) is 0 Å². The first kappa shape index (κ1) is 10.6. The predicted octanol–water partition coefficient (Wildman–Crippen LogP) is 1.24. The van der Waals surface area contributed by atoms with E-state index in [0.29, 0.717) is 12.5 Å². The van der Waals surface area contributed by atoms with E-state index < -0.39 is 5.60 Å². The van der Waals surface area contributed by atoms with Crippen molar-refractivity contribution in [1.29, 1.82) is 0 Å². The molecule has 1 saturated heterocycles. The van der Waals surface area contributed by atoms with Crippen LogP contribution in [0.3, 0.4) is 0 Å². The van der Waals surface area contributed by atoms with Crippen LogP contribution in [0.1, 0.15) is 32.6 Å². The minimum absolute atomic E-state index is 0.469. The Morgan fingerprint density at radius 2 is 2.38 bits per heavy atom. The van der Waals surface area contributed by atoms with Crippen LogP contribution in [0.25, 0.3) is 0 Å². The molecule has 0 radical (unpaired) electrons. The molecule has 1 heterocycles. The van der Waals surface area contributed by atoms with Gasteiger partial charge in [0, 0.05) is 19.0 Å². The van der Waals surface area contributed by atoms with Crippen LogP contribution in [0.5, 0.6) is 0 Å². The van der Waals surface area contributed by atoms with Gasteiger partial charge in [0.05, 0.1) is 5.60 Å². The molecule has 1 aliphatic rings. The Bertz CT molecular complexity index is 209. The number of hydrogen-bond acceptors (Lipinski definition) is 2. The van der Waals surface area contributed by atoms with Crippen molar-refractivity contribution < 1.29 is 5.11 Å². The van der Waals surface area contributed by atoms with Gasteiger partial charge in [-0.1, -0.05) is 0 Å². The predicted molar refractivity (Wildman–Crippen MR) is 54.3 cm³/mol. The lowest BCUT2D eigenvalue weighted by atomic mass is 9.84. The standard InChI is InChI=1S/C11H19NO/c1-4-5-6-11(13)7-8-12(3)10(2)9-11/h1,10,13H,5-9H2,2-3H3. The number of piperidine rings is 1. The van der Waals surface area contributed by atoms with Gasteiger partial charge in [-0.3, -0.25) is 0 Å². The molecular weight excluding hydrogens is 162 g/mol. The van der Waals surface area contributed by atoms with Gasteiger partial charge in [0.25, 0.3) is 0 Å². The number of nitrogens with zero attached hydrogens (tertiary/aromatic N) is 1. The third-order valence-electron chi connectivity index (χ3n) is 3.09. The molecule has 0 spiro atoms. The molecule has 0 saturated carbocycles. The smallest absolute Gasteiger partial charge is 0.0683 e. The molecule has 13 heavy (non-hydrogen) atoms. The summed E-state index contributed by atoms with van der Waals surface area (Å²) >= 11 is 0. The highest BCUT2D eigenvalue weighted by Crippen LogP contribution is 2.29. The Kier molecular flexibility index (Phi) is 3.35. The van der Waals surface area contributed by atoms with Crippen LogP contribution >= 0.6 is 0 Å². The number of rotatable bonds is 2. The zero-order valence-electron chi connectivity index (χ0n) is 8.58. The van der Waals surface area contributed by atoms with Gasteiger partial charge in [-0.25, -0.2) is 0 Å². The maximum atomic E-state index is 10.2. The summed E-state index contributed by atoms with van der Waals surface area (Å²) in [6, 6.07) is 0.469. The van der Waals surface area contributed by atoms with Gasteiger partial charge in [-0.2, -0.15) is 0 Å². The van der Waals surface area contributed by atoms with Gasteiger partial charge in [-0.05, 0) is 33.2 Å². The second kappa shape index (κ2) is 4.13. The molecule has 2 atom stereocenters. The van der Waals surface area contributed by atoms with E-state index in [0.717, 1.165) is 25.8 Å². The maximum Gasteiger partial charge on any atom is 0.0683 e. The summed E-state index contributed by atoms with van der Waals surface area (Å²) in [6.45, 7) is 3.13. The van der Waals surface area contributed by atoms with Crippen molar-refractivity contribution in [2.24, 2.45) is 0 Å². The lowest BCUT2D eigenvalue weighted by molar-refractivity contribution is -0.0407. The minimum Gasteiger partial charge on any atom is -0.390 e. The van der Waals surface area contributed by atoms with Crippen LogP contribution in [0.15, 0.2) is 0 Å². The lowest BCUT2D eigenvalue weighted by Crippen LogP contribution is -2.47. The summed E-state index contributed by atoms with van der Waals surface area (Å²) in [5.74, 6) is 2.59. The van der Waals surface area contributed by atoms with Crippen molar-refractivity contribution in [3.8, 4) is 12.3 Å². The third kappa shape index (κ3) is 2.72. The molecule has 0 aromatic carbocycles. The summed E-state index contributed by atoms with van der Waals surface area (Å²) in [5, 5.41) is 10.2. The lowest BCUT2D eigenvalue weighted by Gasteiger charge is -2.40. The first-order valence-electron chi connectivity index (χ1n) is 4.93. The summed E-state index contributed by atoms with van der Waals surface area (Å²) < 4.78 is 0. The molecule has 0 bridgehead atoms. The fraction of sp³-hybridized carbons (Fsp3) is 0.818. The van der Waals surface area contributed by atoms with Gasteiger partial charge < -0.3 is 10.0 Å². The van der Waals surface area contributed by atoms with Gasteiger partial charge in [-0.15, -0.1) is 12.3 Å². The van der Waals surface area contributed by atoms with Crippen molar-refractivity contribution in [3.05, 3.63) is 0 Å². The molecule has 1 rings (SSSR count). The van der Waals surface area contributed by atoms with Crippen molar-refractivity contribution in [2.45, 2.75) is 44.2 Å². The molecule has 74 valence electrons. The highest BCUT2D eigenvalue weighted by Gasteiger charge is 2.34. The fourth-order valence-electron chi connectivity index (χ4n) is 1.94. The average Bonchev–Trinajstić information content (AvgIpc) is 2.09. The van der Waals surface area contributed by atoms with Gasteiger partial charge in [0.1, 0.15) is 0 Å². The summed E-state index contributed by atoms with van der Waals surface area (Å²) in [6.07, 6.45) is 8.34. The highest BCUT2D eigenvalue weighted by molar-refractivity contribution is 4.93. The molecular formula is C11H19NO. The molecule has 2 heteroatoms. The molecule has 1 aliphatic heterocycles. The van der Waals surface area contributed by atoms with Crippen LogP contribution in [-0.2, 0) is 0 Å². The largest absolute Gasteiger partial charge is 0.390 e. The van der Waals surface area contributed by atoms with E-state index in [9.17, 15) is 5.11 Å². The first-order chi connectivity index (χ1) is 6.07. The summed E-state index contributed by atoms with van der Waals surface area (Å²) in [5.41, 5.74) is -0.502. The molecule has 0 aliphatic carbocycles. The molecule has 2 nitrogen and oxygen atoms in total. The normalized spacial score (nSPS) is 35.7. The molecule has 1 N–H and O–H groups in total. The molecule has 0 amide bonds. The van der Waals surface area contributed by atoms with E-state index in [-0.39, 0.29) is 0 Å². The minimum atomic E-state index is -0.502. The molecule has 2 unspecified atom stereocenters. The zero-order valence-corrected chi connectivity index (χ0v) is 8.58. The van der Waals surface area contributed by atoms with E-state index >= 15 is 0 Å². The van der Waals surface area contributed by atoms with Crippen LogP contribution in [-0.4, -0.2) is 35.2 Å². The first-order valence-corrected chi connectivity index (χ1v) is 4.93. The van der Waals surface area contributed by atoms with Crippen LogP contribution in [0.2, 0.25) is 0 Å². The van der Waals surface area contributed by atoms with Gasteiger partial charge in [0.15, 0.2) is 0 Å². The Morgan fingerprint density at radius 1 is 1.69 bits per heavy atom. The fourth-order valence-corrected chi connectivity index (χ4v) is 1.94. The van der Waals surface area contributed by atoms with Crippen LogP contribution in [0.4, 0.5) is 0 Å². The summed E-state index contributed by atoms with van der Waals surface area (Å²) in [7, 11) is 2.10. The topological polar surface area (TPSA) is 23.5 Å². The van der Waals surface area contributed by atoms with E-state index in [1.165, 1.54) is 0 Å². The number of hydrogen-bond donors (Lipinski definition) is 1. The maximum absolute atomic E-state index is 10.2. The Balaban J connectivity index is 2.47. The molecule has 1 fully saturated rings. The van der Waals surface area contributed by atoms with E-state index in [2.05, 4.69) is 24.8 Å². The van der Waals surface area contributed by atoms with Crippen LogP contribution < -0.4 is 0 Å². The Hall–Kier alpha value is -0.520. The average molecular weight is 181 g/mol. The quantitative estimate of drug-likeness (QED) is 0.648.